The van der Waals surface area contributed by atoms with Gasteiger partial charge in [0.05, 0.1) is 10.5 Å². The molecule has 3 rings (SSSR count). The lowest BCUT2D eigenvalue weighted by atomic mass is 9.88. The third-order valence-electron chi connectivity index (χ3n) is 3.99. The van der Waals surface area contributed by atoms with Crippen LogP contribution in [0.4, 0.5) is 4.39 Å². The molecule has 128 valence electrons. The Hall–Kier alpha value is -2.17. The number of nitrogens with zero attached hydrogens (tertiary/aromatic N) is 1. The molecule has 2 aromatic carbocycles. The topological polar surface area (TPSA) is 50.2 Å². The van der Waals surface area contributed by atoms with Crippen LogP contribution in [-0.4, -0.2) is 16.1 Å². The maximum absolute atomic E-state index is 14.8. The first-order chi connectivity index (χ1) is 11.8. The summed E-state index contributed by atoms with van der Waals surface area (Å²) in [6.07, 6.45) is 0. The molecule has 0 atom stereocenters. The Bertz CT molecular complexity index is 1000. The normalized spacial score (nSPS) is 11.3. The molecule has 1 heterocycles. The third-order valence-corrected chi connectivity index (χ3v) is 4.51. The van der Waals surface area contributed by atoms with E-state index in [1.807, 2.05) is 13.8 Å². The lowest BCUT2D eigenvalue weighted by Gasteiger charge is -2.19. The van der Waals surface area contributed by atoms with Gasteiger partial charge < -0.3 is 5.11 Å². The number of hydrogen-bond acceptors (Lipinski definition) is 2. The highest BCUT2D eigenvalue weighted by Crippen LogP contribution is 2.40. The molecule has 0 saturated carbocycles. The molecule has 0 saturated heterocycles. The maximum Gasteiger partial charge on any atom is 0.354 e. The van der Waals surface area contributed by atoms with Crippen LogP contribution in [0.1, 0.15) is 35.8 Å². The Labute approximate surface area is 154 Å². The summed E-state index contributed by atoms with van der Waals surface area (Å²) in [5, 5.41) is 10.6. The predicted octanol–water partition coefficient (Wildman–Crippen LogP) is 6.17. The molecule has 0 aliphatic rings. The van der Waals surface area contributed by atoms with Crippen molar-refractivity contribution in [2.45, 2.75) is 19.8 Å². The average molecular weight is 378 g/mol. The second-order valence-electron chi connectivity index (χ2n) is 5.97. The molecular formula is C19H14Cl2FNO2. The van der Waals surface area contributed by atoms with Gasteiger partial charge in [0.2, 0.25) is 0 Å². The maximum atomic E-state index is 14.8. The molecule has 6 heteroatoms. The largest absolute Gasteiger partial charge is 0.477 e. The summed E-state index contributed by atoms with van der Waals surface area (Å²) in [6.45, 7) is 3.68. The van der Waals surface area contributed by atoms with Crippen LogP contribution in [0.3, 0.4) is 0 Å². The number of aromatic nitrogens is 1. The molecule has 0 fully saturated rings. The van der Waals surface area contributed by atoms with Crippen molar-refractivity contribution in [3.05, 3.63) is 63.5 Å². The number of aromatic carboxylic acids is 1. The van der Waals surface area contributed by atoms with E-state index in [1.54, 1.807) is 30.3 Å². The van der Waals surface area contributed by atoms with E-state index in [-0.39, 0.29) is 22.2 Å². The molecule has 0 aliphatic heterocycles. The van der Waals surface area contributed by atoms with Crippen LogP contribution in [-0.2, 0) is 0 Å². The van der Waals surface area contributed by atoms with Crippen LogP contribution >= 0.6 is 23.2 Å². The molecule has 0 amide bonds. The van der Waals surface area contributed by atoms with Crippen molar-refractivity contribution in [1.82, 2.24) is 4.98 Å². The Morgan fingerprint density at radius 3 is 2.56 bits per heavy atom. The standard InChI is InChI=1S/C19H14Cl2FNO2/c1-9(2)15-16(11-4-3-5-13(21)17(11)22)12-8-10(20)6-7-14(12)23-18(15)19(24)25/h3-9H,1-2H3,(H,24,25). The van der Waals surface area contributed by atoms with E-state index in [0.717, 1.165) is 0 Å². The zero-order chi connectivity index (χ0) is 18.3. The van der Waals surface area contributed by atoms with Gasteiger partial charge in [0.25, 0.3) is 0 Å². The number of benzene rings is 2. The third kappa shape index (κ3) is 3.08. The highest BCUT2D eigenvalue weighted by molar-refractivity contribution is 6.32. The lowest BCUT2D eigenvalue weighted by Crippen LogP contribution is -2.10. The molecule has 3 aromatic rings. The van der Waals surface area contributed by atoms with Crippen molar-refractivity contribution in [3.63, 3.8) is 0 Å². The zero-order valence-electron chi connectivity index (χ0n) is 13.5. The number of carbonyl (C=O) groups is 1. The first-order valence-electron chi connectivity index (χ1n) is 7.62. The van der Waals surface area contributed by atoms with Gasteiger partial charge in [-0.05, 0) is 41.3 Å². The number of halogens is 3. The Kier molecular flexibility index (Phi) is 4.67. The van der Waals surface area contributed by atoms with Crippen molar-refractivity contribution < 1.29 is 14.3 Å². The van der Waals surface area contributed by atoms with Crippen LogP contribution in [0.2, 0.25) is 10.0 Å². The van der Waals surface area contributed by atoms with E-state index in [9.17, 15) is 14.3 Å². The second-order valence-corrected chi connectivity index (χ2v) is 6.82. The predicted molar refractivity (Wildman–Crippen MR) is 98.2 cm³/mol. The Balaban J connectivity index is 2.57. The van der Waals surface area contributed by atoms with Gasteiger partial charge in [-0.15, -0.1) is 0 Å². The molecule has 1 aromatic heterocycles. The smallest absolute Gasteiger partial charge is 0.354 e. The number of carboxylic acids is 1. The van der Waals surface area contributed by atoms with Gasteiger partial charge in [-0.1, -0.05) is 49.2 Å². The summed E-state index contributed by atoms with van der Waals surface area (Å²) in [4.78, 5) is 16.0. The van der Waals surface area contributed by atoms with E-state index in [1.165, 1.54) is 6.07 Å². The van der Waals surface area contributed by atoms with Crippen molar-refractivity contribution in [2.24, 2.45) is 0 Å². The van der Waals surface area contributed by atoms with Gasteiger partial charge in [-0.25, -0.2) is 14.2 Å². The number of fused-ring (bicyclic) bond motifs is 1. The SMILES string of the molecule is CC(C)c1c(C(=O)O)nc2ccc(Cl)cc2c1-c1cccc(Cl)c1F. The second kappa shape index (κ2) is 6.62. The Morgan fingerprint density at radius 1 is 1.20 bits per heavy atom. The fourth-order valence-electron chi connectivity index (χ4n) is 2.96. The number of rotatable bonds is 3. The minimum Gasteiger partial charge on any atom is -0.477 e. The van der Waals surface area contributed by atoms with Gasteiger partial charge in [0.1, 0.15) is 5.82 Å². The molecule has 0 bridgehead atoms. The number of carboxylic acid groups (broad SMARTS) is 1. The highest BCUT2D eigenvalue weighted by Gasteiger charge is 2.25. The molecule has 0 aliphatic carbocycles. The van der Waals surface area contributed by atoms with Crippen molar-refractivity contribution in [2.75, 3.05) is 0 Å². The number of pyridine rings is 1. The summed E-state index contributed by atoms with van der Waals surface area (Å²) in [5.74, 6) is -1.96. The molecule has 0 spiro atoms. The summed E-state index contributed by atoms with van der Waals surface area (Å²) in [5.41, 5.74) is 1.47. The van der Waals surface area contributed by atoms with Gasteiger partial charge in [-0.3, -0.25) is 0 Å². The van der Waals surface area contributed by atoms with Crippen molar-refractivity contribution >= 4 is 40.1 Å². The highest BCUT2D eigenvalue weighted by atomic mass is 35.5. The molecule has 0 unspecified atom stereocenters. The first kappa shape index (κ1) is 17.6. The van der Waals surface area contributed by atoms with Crippen LogP contribution in [0, 0.1) is 5.82 Å². The van der Waals surface area contributed by atoms with E-state index in [2.05, 4.69) is 4.98 Å². The molecule has 1 N–H and O–H groups in total. The van der Waals surface area contributed by atoms with Gasteiger partial charge in [0.15, 0.2) is 5.69 Å². The summed E-state index contributed by atoms with van der Waals surface area (Å²) in [6, 6.07) is 9.56. The quantitative estimate of drug-likeness (QED) is 0.593. The van der Waals surface area contributed by atoms with E-state index in [0.29, 0.717) is 27.1 Å². The minimum atomic E-state index is -1.16. The molecular weight excluding hydrogens is 364 g/mol. The van der Waals surface area contributed by atoms with Crippen LogP contribution in [0.15, 0.2) is 36.4 Å². The fourth-order valence-corrected chi connectivity index (χ4v) is 3.31. The molecule has 0 radical (unpaired) electrons. The fraction of sp³-hybridized carbons (Fsp3) is 0.158. The van der Waals surface area contributed by atoms with E-state index in [4.69, 9.17) is 23.2 Å². The first-order valence-corrected chi connectivity index (χ1v) is 8.37. The summed E-state index contributed by atoms with van der Waals surface area (Å²) in [7, 11) is 0. The van der Waals surface area contributed by atoms with Crippen LogP contribution in [0.5, 0.6) is 0 Å². The van der Waals surface area contributed by atoms with Crippen molar-refractivity contribution in [1.29, 1.82) is 0 Å². The van der Waals surface area contributed by atoms with Gasteiger partial charge >= 0.3 is 5.97 Å². The summed E-state index contributed by atoms with van der Waals surface area (Å²) >= 11 is 12.1. The Morgan fingerprint density at radius 2 is 1.92 bits per heavy atom. The van der Waals surface area contributed by atoms with Crippen LogP contribution < -0.4 is 0 Å². The lowest BCUT2D eigenvalue weighted by molar-refractivity contribution is 0.0689. The van der Waals surface area contributed by atoms with Gasteiger partial charge in [0, 0.05) is 16.0 Å². The van der Waals surface area contributed by atoms with Gasteiger partial charge in [-0.2, -0.15) is 0 Å². The molecule has 3 nitrogen and oxygen atoms in total. The molecule has 25 heavy (non-hydrogen) atoms. The van der Waals surface area contributed by atoms with Crippen molar-refractivity contribution in [3.8, 4) is 11.1 Å². The average Bonchev–Trinajstić information content (AvgIpc) is 2.55. The minimum absolute atomic E-state index is 0.0314. The number of hydrogen-bond donors (Lipinski definition) is 1. The monoisotopic (exact) mass is 377 g/mol. The summed E-state index contributed by atoms with van der Waals surface area (Å²) < 4.78 is 14.8. The van der Waals surface area contributed by atoms with Crippen LogP contribution in [0.25, 0.3) is 22.0 Å². The van der Waals surface area contributed by atoms with E-state index >= 15 is 0 Å². The van der Waals surface area contributed by atoms with E-state index < -0.39 is 11.8 Å². The zero-order valence-corrected chi connectivity index (χ0v) is 15.0.